The molecule has 0 aliphatic carbocycles. The lowest BCUT2D eigenvalue weighted by Gasteiger charge is -2.31. The number of hydrogen-bond donors (Lipinski definition) is 3. The van der Waals surface area contributed by atoms with E-state index in [0.717, 1.165) is 30.3 Å². The van der Waals surface area contributed by atoms with Crippen molar-refractivity contribution in [3.63, 3.8) is 0 Å². The maximum absolute atomic E-state index is 13.0. The zero-order valence-corrected chi connectivity index (χ0v) is 19.3. The third-order valence-corrected chi connectivity index (χ3v) is 6.63. The van der Waals surface area contributed by atoms with Crippen molar-refractivity contribution >= 4 is 24.0 Å². The Balaban J connectivity index is 1.39. The summed E-state index contributed by atoms with van der Waals surface area (Å²) in [6.07, 6.45) is 3.00. The molecule has 1 fully saturated rings. The highest BCUT2D eigenvalue weighted by Crippen LogP contribution is 2.31. The molecule has 3 amide bonds. The molecule has 3 atom stereocenters. The first kappa shape index (κ1) is 23.6. The predicted octanol–water partition coefficient (Wildman–Crippen LogP) is 1.96. The number of aldehydes is 1. The van der Waals surface area contributed by atoms with Gasteiger partial charge < -0.3 is 25.6 Å². The van der Waals surface area contributed by atoms with Gasteiger partial charge in [-0.3, -0.25) is 14.4 Å². The van der Waals surface area contributed by atoms with Crippen LogP contribution in [0.5, 0.6) is 0 Å². The second kappa shape index (κ2) is 10.6. The summed E-state index contributed by atoms with van der Waals surface area (Å²) in [5.74, 6) is -0.510. The van der Waals surface area contributed by atoms with E-state index in [9.17, 15) is 19.2 Å². The molecule has 34 heavy (non-hydrogen) atoms. The zero-order chi connectivity index (χ0) is 24.1. The summed E-state index contributed by atoms with van der Waals surface area (Å²) < 4.78 is 0. The molecule has 2 heterocycles. The highest BCUT2D eigenvalue weighted by Gasteiger charge is 2.36. The van der Waals surface area contributed by atoms with Crippen LogP contribution >= 0.6 is 0 Å². The fraction of sp³-hybridized carbons (Fsp3) is 0.385. The second-order valence-corrected chi connectivity index (χ2v) is 8.80. The Morgan fingerprint density at radius 1 is 1.18 bits per heavy atom. The Labute approximate surface area is 199 Å². The Hall–Kier alpha value is -3.52. The number of likely N-dealkylation sites (N-methyl/N-ethyl adjacent to an activating group) is 1. The molecule has 0 radical (unpaired) electrons. The highest BCUT2D eigenvalue weighted by atomic mass is 16.2. The van der Waals surface area contributed by atoms with Crippen molar-refractivity contribution in [1.82, 2.24) is 20.9 Å². The van der Waals surface area contributed by atoms with Gasteiger partial charge in [-0.15, -0.1) is 0 Å². The van der Waals surface area contributed by atoms with Gasteiger partial charge in [-0.1, -0.05) is 30.3 Å². The van der Waals surface area contributed by atoms with Gasteiger partial charge in [0, 0.05) is 49.8 Å². The van der Waals surface area contributed by atoms with E-state index in [4.69, 9.17) is 0 Å². The first-order valence-electron chi connectivity index (χ1n) is 11.7. The topological polar surface area (TPSA) is 108 Å². The van der Waals surface area contributed by atoms with Crippen molar-refractivity contribution in [2.45, 2.75) is 50.4 Å². The summed E-state index contributed by atoms with van der Waals surface area (Å²) in [5, 5.41) is 9.21. The molecule has 2 aromatic rings. The van der Waals surface area contributed by atoms with E-state index < -0.39 is 6.04 Å². The van der Waals surface area contributed by atoms with Crippen LogP contribution in [0.15, 0.2) is 48.5 Å². The minimum absolute atomic E-state index is 0.0570. The predicted molar refractivity (Wildman–Crippen MR) is 127 cm³/mol. The van der Waals surface area contributed by atoms with Gasteiger partial charge in [0.05, 0.1) is 0 Å². The second-order valence-electron chi connectivity index (χ2n) is 8.80. The average Bonchev–Trinajstić information content (AvgIpc) is 3.20. The van der Waals surface area contributed by atoms with Crippen LogP contribution in [0, 0.1) is 0 Å². The summed E-state index contributed by atoms with van der Waals surface area (Å²) in [7, 11) is 1.53. The minimum atomic E-state index is -0.666. The van der Waals surface area contributed by atoms with Crippen LogP contribution in [0.1, 0.15) is 63.6 Å². The van der Waals surface area contributed by atoms with Gasteiger partial charge in [0.25, 0.3) is 11.8 Å². The number of piperidine rings is 1. The summed E-state index contributed by atoms with van der Waals surface area (Å²) in [4.78, 5) is 50.1. The number of nitrogens with one attached hydrogen (secondary N) is 3. The largest absolute Gasteiger partial charge is 0.357 e. The third kappa shape index (κ3) is 5.02. The summed E-state index contributed by atoms with van der Waals surface area (Å²) in [5.41, 5.74) is 3.24. The Kier molecular flexibility index (Phi) is 7.37. The molecule has 0 spiro atoms. The van der Waals surface area contributed by atoms with E-state index in [1.807, 2.05) is 36.4 Å². The van der Waals surface area contributed by atoms with Gasteiger partial charge in [0.1, 0.15) is 12.3 Å². The van der Waals surface area contributed by atoms with Crippen LogP contribution in [0.2, 0.25) is 0 Å². The summed E-state index contributed by atoms with van der Waals surface area (Å²) in [6, 6.07) is 14.5. The lowest BCUT2D eigenvalue weighted by atomic mass is 9.93. The smallest absolute Gasteiger partial charge is 0.255 e. The molecule has 8 nitrogen and oxygen atoms in total. The number of amides is 3. The molecule has 3 N–H and O–H groups in total. The molecule has 3 unspecified atom stereocenters. The van der Waals surface area contributed by atoms with E-state index in [1.165, 1.54) is 7.05 Å². The van der Waals surface area contributed by atoms with Crippen LogP contribution in [-0.2, 0) is 16.1 Å². The monoisotopic (exact) mass is 462 g/mol. The fourth-order valence-electron chi connectivity index (χ4n) is 4.78. The number of hydrogen-bond acceptors (Lipinski definition) is 5. The van der Waals surface area contributed by atoms with Crippen molar-refractivity contribution in [2.75, 3.05) is 13.6 Å². The van der Waals surface area contributed by atoms with E-state index in [2.05, 4.69) is 16.0 Å². The summed E-state index contributed by atoms with van der Waals surface area (Å²) in [6.45, 7) is 1.01. The maximum atomic E-state index is 13.0. The lowest BCUT2D eigenvalue weighted by Crippen LogP contribution is -2.46. The van der Waals surface area contributed by atoms with Crippen LogP contribution < -0.4 is 16.0 Å². The Morgan fingerprint density at radius 3 is 2.65 bits per heavy atom. The molecule has 0 saturated carbocycles. The van der Waals surface area contributed by atoms with Crippen LogP contribution in [0.25, 0.3) is 0 Å². The molecule has 2 aliphatic rings. The van der Waals surface area contributed by atoms with E-state index >= 15 is 0 Å². The average molecular weight is 463 g/mol. The van der Waals surface area contributed by atoms with Crippen molar-refractivity contribution < 1.29 is 19.2 Å². The standard InChI is InChI=1S/C26H30N4O4/c1-27-25(33)23(8-5-13-31)30-16-19-14-18(9-11-21(19)26(30)34)22-12-10-20(15-28-22)29-24(32)17-6-3-2-4-7-17/h2-4,6-7,9,11,13-14,20,22-23,28H,5,8,10,12,15-16H2,1H3,(H,27,33)(H,29,32). The molecule has 8 heteroatoms. The van der Waals surface area contributed by atoms with Crippen molar-refractivity contribution in [3.8, 4) is 0 Å². The van der Waals surface area contributed by atoms with Gasteiger partial charge in [-0.25, -0.2) is 0 Å². The number of carbonyl (C=O) groups is 4. The number of nitrogens with zero attached hydrogens (tertiary/aromatic N) is 1. The number of carbonyl (C=O) groups excluding carboxylic acids is 4. The lowest BCUT2D eigenvalue weighted by molar-refractivity contribution is -0.125. The molecule has 2 aromatic carbocycles. The quantitative estimate of drug-likeness (QED) is 0.520. The van der Waals surface area contributed by atoms with Gasteiger partial charge in [-0.05, 0) is 48.6 Å². The molecule has 4 rings (SSSR count). The van der Waals surface area contributed by atoms with E-state index in [-0.39, 0.29) is 36.2 Å². The van der Waals surface area contributed by atoms with Crippen molar-refractivity contribution in [3.05, 3.63) is 70.8 Å². The van der Waals surface area contributed by atoms with Gasteiger partial charge in [0.15, 0.2) is 0 Å². The molecule has 1 saturated heterocycles. The molecular formula is C26H30N4O4. The van der Waals surface area contributed by atoms with Crippen molar-refractivity contribution in [2.24, 2.45) is 0 Å². The van der Waals surface area contributed by atoms with E-state index in [1.54, 1.807) is 17.0 Å². The zero-order valence-electron chi connectivity index (χ0n) is 19.3. The van der Waals surface area contributed by atoms with Gasteiger partial charge >= 0.3 is 0 Å². The van der Waals surface area contributed by atoms with Crippen LogP contribution in [-0.4, -0.2) is 54.6 Å². The molecule has 178 valence electrons. The maximum Gasteiger partial charge on any atom is 0.255 e. The Morgan fingerprint density at radius 2 is 1.97 bits per heavy atom. The van der Waals surface area contributed by atoms with Gasteiger partial charge in [0.2, 0.25) is 5.91 Å². The number of benzene rings is 2. The van der Waals surface area contributed by atoms with Crippen LogP contribution in [0.4, 0.5) is 0 Å². The third-order valence-electron chi connectivity index (χ3n) is 6.63. The fourth-order valence-corrected chi connectivity index (χ4v) is 4.78. The summed E-state index contributed by atoms with van der Waals surface area (Å²) >= 11 is 0. The first-order valence-corrected chi connectivity index (χ1v) is 11.7. The minimum Gasteiger partial charge on any atom is -0.357 e. The van der Waals surface area contributed by atoms with Crippen molar-refractivity contribution in [1.29, 1.82) is 0 Å². The van der Waals surface area contributed by atoms with Crippen LogP contribution in [0.3, 0.4) is 0 Å². The van der Waals surface area contributed by atoms with E-state index in [0.29, 0.717) is 30.6 Å². The normalized spacial score (nSPS) is 20.4. The molecular weight excluding hydrogens is 432 g/mol. The SMILES string of the molecule is CNC(=O)C(CCC=O)N1Cc2cc(C3CCC(NC(=O)c4ccccc4)CN3)ccc2C1=O. The molecule has 0 bridgehead atoms. The van der Waals surface area contributed by atoms with Gasteiger partial charge in [-0.2, -0.15) is 0 Å². The molecule has 2 aliphatic heterocycles. The number of fused-ring (bicyclic) bond motifs is 1. The Bertz CT molecular complexity index is 1060. The first-order chi connectivity index (χ1) is 16.5. The number of rotatable bonds is 8. The molecule has 0 aromatic heterocycles. The highest BCUT2D eigenvalue weighted by molar-refractivity contribution is 6.01.